The number of nitrogens with zero attached hydrogens (tertiary/aromatic N) is 5. The highest BCUT2D eigenvalue weighted by atomic mass is 16.3. The second kappa shape index (κ2) is 12.3. The van der Waals surface area contributed by atoms with Crippen molar-refractivity contribution in [2.45, 2.75) is 39.5 Å². The molecule has 0 bridgehead atoms. The van der Waals surface area contributed by atoms with Crippen molar-refractivity contribution >= 4 is 33.5 Å². The number of pyridine rings is 2. The van der Waals surface area contributed by atoms with Crippen molar-refractivity contribution < 1.29 is 9.52 Å². The summed E-state index contributed by atoms with van der Waals surface area (Å²) in [5.74, 6) is 1.19. The first-order valence-corrected chi connectivity index (χ1v) is 15.5. The first kappa shape index (κ1) is 29.6. The van der Waals surface area contributed by atoms with Crippen molar-refractivity contribution in [3.8, 4) is 28.7 Å². The van der Waals surface area contributed by atoms with Crippen molar-refractivity contribution in [1.29, 1.82) is 5.26 Å². The Hall–Kier alpha value is -5.14. The number of fused-ring (bicyclic) bond motifs is 2. The molecule has 3 aromatic carbocycles. The standard InChI is InChI=1S/C37H35N7O2/c1-22-29(6-4-8-31(22)37-43-33-16-24(18-39-3)14-27(17-38)35(33)46-37)30-7-5-9-32(23(30)2)42-36-34-26(10-12-40-36)15-25(19-41-34)20-44-13-11-28(45)21-44/h4-10,12,14-16,19,28,39,45H,11,13,18,20-21H2,1-3H3,(H,40,42)/t28-/m1/s1. The van der Waals surface area contributed by atoms with Crippen LogP contribution >= 0.6 is 0 Å². The maximum Gasteiger partial charge on any atom is 0.227 e. The summed E-state index contributed by atoms with van der Waals surface area (Å²) in [6, 6.07) is 22.6. The maximum absolute atomic E-state index is 9.90. The average Bonchev–Trinajstić information content (AvgIpc) is 3.67. The quantitative estimate of drug-likeness (QED) is 0.175. The fraction of sp³-hybridized carbons (Fsp3) is 0.243. The summed E-state index contributed by atoms with van der Waals surface area (Å²) in [4.78, 5) is 16.5. The zero-order valence-electron chi connectivity index (χ0n) is 26.1. The van der Waals surface area contributed by atoms with Gasteiger partial charge in [0.05, 0.1) is 11.7 Å². The van der Waals surface area contributed by atoms with Crippen LogP contribution in [0.1, 0.15) is 34.2 Å². The zero-order chi connectivity index (χ0) is 31.8. The lowest BCUT2D eigenvalue weighted by Crippen LogP contribution is -2.21. The van der Waals surface area contributed by atoms with Gasteiger partial charge < -0.3 is 20.2 Å². The third-order valence-electron chi connectivity index (χ3n) is 8.80. The Morgan fingerprint density at radius 1 is 1.00 bits per heavy atom. The molecular weight excluding hydrogens is 574 g/mol. The fourth-order valence-corrected chi connectivity index (χ4v) is 6.44. The number of aromatic nitrogens is 3. The molecule has 0 radical (unpaired) electrons. The molecular formula is C37H35N7O2. The van der Waals surface area contributed by atoms with Gasteiger partial charge in [0, 0.05) is 55.2 Å². The lowest BCUT2D eigenvalue weighted by Gasteiger charge is -2.17. The van der Waals surface area contributed by atoms with E-state index < -0.39 is 0 Å². The SMILES string of the molecule is CNCc1cc(C#N)c2oc(-c3cccc(-c4cccc(Nc5nccc6cc(CN7CC[C@@H](O)C7)cnc56)c4C)c3C)nc2c1. The minimum Gasteiger partial charge on any atom is -0.435 e. The smallest absolute Gasteiger partial charge is 0.227 e. The maximum atomic E-state index is 9.90. The third kappa shape index (κ3) is 5.59. The predicted molar refractivity (Wildman–Crippen MR) is 181 cm³/mol. The molecule has 6 aromatic rings. The summed E-state index contributed by atoms with van der Waals surface area (Å²) in [6.07, 6.45) is 4.29. The highest BCUT2D eigenvalue weighted by Crippen LogP contribution is 2.37. The van der Waals surface area contributed by atoms with Gasteiger partial charge in [0.25, 0.3) is 0 Å². The summed E-state index contributed by atoms with van der Waals surface area (Å²) in [6.45, 7) is 7.19. The molecule has 1 saturated heterocycles. The van der Waals surface area contributed by atoms with Crippen LogP contribution in [0, 0.1) is 25.2 Å². The molecule has 0 spiro atoms. The Morgan fingerprint density at radius 2 is 1.80 bits per heavy atom. The Balaban J connectivity index is 1.20. The molecule has 1 fully saturated rings. The summed E-state index contributed by atoms with van der Waals surface area (Å²) in [7, 11) is 1.88. The number of rotatable bonds is 8. The highest BCUT2D eigenvalue weighted by molar-refractivity contribution is 5.91. The van der Waals surface area contributed by atoms with Gasteiger partial charge in [-0.3, -0.25) is 9.88 Å². The summed E-state index contributed by atoms with van der Waals surface area (Å²) in [5.41, 5.74) is 10.6. The van der Waals surface area contributed by atoms with Gasteiger partial charge in [0.2, 0.25) is 5.89 Å². The number of anilines is 2. The van der Waals surface area contributed by atoms with Gasteiger partial charge in [-0.25, -0.2) is 9.97 Å². The largest absolute Gasteiger partial charge is 0.435 e. The van der Waals surface area contributed by atoms with Crippen LogP contribution in [-0.4, -0.2) is 51.2 Å². The molecule has 1 aliphatic rings. The van der Waals surface area contributed by atoms with E-state index in [1.807, 2.05) is 55.8 Å². The number of likely N-dealkylation sites (tertiary alicyclic amines) is 1. The molecule has 9 heteroatoms. The fourth-order valence-electron chi connectivity index (χ4n) is 6.44. The van der Waals surface area contributed by atoms with E-state index in [0.29, 0.717) is 41.5 Å². The van der Waals surface area contributed by atoms with E-state index >= 15 is 0 Å². The van der Waals surface area contributed by atoms with Crippen LogP contribution in [0.3, 0.4) is 0 Å². The Labute approximate surface area is 267 Å². The molecule has 9 nitrogen and oxygen atoms in total. The van der Waals surface area contributed by atoms with Gasteiger partial charge in [-0.2, -0.15) is 5.26 Å². The number of aliphatic hydroxyl groups is 1. The van der Waals surface area contributed by atoms with Gasteiger partial charge >= 0.3 is 0 Å². The number of β-amino-alcohol motifs (C(OH)–C–C–N with tert-alkyl or cyclic N) is 1. The van der Waals surface area contributed by atoms with Crippen LogP contribution in [0.2, 0.25) is 0 Å². The van der Waals surface area contributed by atoms with Gasteiger partial charge in [-0.05, 0) is 97.1 Å². The van der Waals surface area contributed by atoms with E-state index in [2.05, 4.69) is 64.7 Å². The Kier molecular flexibility index (Phi) is 7.93. The minimum atomic E-state index is -0.241. The van der Waals surface area contributed by atoms with Crippen molar-refractivity contribution in [1.82, 2.24) is 25.2 Å². The molecule has 230 valence electrons. The molecule has 0 saturated carbocycles. The Bertz CT molecular complexity index is 2130. The first-order chi connectivity index (χ1) is 22.4. The molecule has 0 aliphatic carbocycles. The topological polar surface area (TPSA) is 123 Å². The van der Waals surface area contributed by atoms with Crippen LogP contribution in [-0.2, 0) is 13.1 Å². The van der Waals surface area contributed by atoms with Crippen molar-refractivity contribution in [2.75, 3.05) is 25.5 Å². The second-order valence-corrected chi connectivity index (χ2v) is 12.0. The number of nitrogens with one attached hydrogen (secondary N) is 2. The van der Waals surface area contributed by atoms with Crippen LogP contribution in [0.25, 0.3) is 44.6 Å². The normalized spacial score (nSPS) is 15.1. The molecule has 4 heterocycles. The Morgan fingerprint density at radius 3 is 2.59 bits per heavy atom. The van der Waals surface area contributed by atoms with Crippen molar-refractivity contribution in [3.63, 3.8) is 0 Å². The molecule has 0 unspecified atom stereocenters. The van der Waals surface area contributed by atoms with Gasteiger partial charge in [-0.15, -0.1) is 0 Å². The third-order valence-corrected chi connectivity index (χ3v) is 8.80. The first-order valence-electron chi connectivity index (χ1n) is 15.5. The van der Waals surface area contributed by atoms with E-state index in [0.717, 1.165) is 75.0 Å². The number of hydrogen-bond donors (Lipinski definition) is 3. The number of benzene rings is 3. The van der Waals surface area contributed by atoms with Crippen LogP contribution < -0.4 is 10.6 Å². The monoisotopic (exact) mass is 609 g/mol. The lowest BCUT2D eigenvalue weighted by molar-refractivity contribution is 0.175. The molecule has 3 aromatic heterocycles. The van der Waals surface area contributed by atoms with E-state index in [9.17, 15) is 10.4 Å². The van der Waals surface area contributed by atoms with E-state index in [1.165, 1.54) is 0 Å². The number of hydrogen-bond acceptors (Lipinski definition) is 9. The average molecular weight is 610 g/mol. The summed E-state index contributed by atoms with van der Waals surface area (Å²) < 4.78 is 6.21. The molecule has 7 rings (SSSR count). The summed E-state index contributed by atoms with van der Waals surface area (Å²) >= 11 is 0. The molecule has 0 amide bonds. The lowest BCUT2D eigenvalue weighted by atomic mass is 9.93. The van der Waals surface area contributed by atoms with Crippen LogP contribution in [0.15, 0.2) is 77.5 Å². The van der Waals surface area contributed by atoms with E-state index in [4.69, 9.17) is 14.4 Å². The second-order valence-electron chi connectivity index (χ2n) is 12.0. The van der Waals surface area contributed by atoms with E-state index in [-0.39, 0.29) is 6.10 Å². The number of nitriles is 1. The highest BCUT2D eigenvalue weighted by Gasteiger charge is 2.21. The predicted octanol–water partition coefficient (Wildman–Crippen LogP) is 6.62. The minimum absolute atomic E-state index is 0.241. The number of oxazole rings is 1. The molecule has 1 atom stereocenters. The molecule has 3 N–H and O–H groups in total. The van der Waals surface area contributed by atoms with Crippen LogP contribution in [0.5, 0.6) is 0 Å². The van der Waals surface area contributed by atoms with Gasteiger partial charge in [-0.1, -0.05) is 24.3 Å². The van der Waals surface area contributed by atoms with Gasteiger partial charge in [0.1, 0.15) is 17.1 Å². The summed E-state index contributed by atoms with van der Waals surface area (Å²) in [5, 5.41) is 27.4. The van der Waals surface area contributed by atoms with E-state index in [1.54, 1.807) is 0 Å². The number of aliphatic hydroxyl groups excluding tert-OH is 1. The molecule has 1 aliphatic heterocycles. The van der Waals surface area contributed by atoms with Crippen molar-refractivity contribution in [2.24, 2.45) is 0 Å². The van der Waals surface area contributed by atoms with Crippen LogP contribution in [0.4, 0.5) is 11.5 Å². The van der Waals surface area contributed by atoms with Crippen molar-refractivity contribution in [3.05, 3.63) is 101 Å². The molecule has 46 heavy (non-hydrogen) atoms. The van der Waals surface area contributed by atoms with Gasteiger partial charge in [0.15, 0.2) is 11.4 Å². The zero-order valence-corrected chi connectivity index (χ0v) is 26.1.